The fourth-order valence-electron chi connectivity index (χ4n) is 1.97. The SMILES string of the molecule is CC(=O)SCC(O)C(O)c1ccc2[nH]c(C(=O)O)cc2c1. The Balaban J connectivity index is 2.21. The minimum Gasteiger partial charge on any atom is -0.477 e. The molecular weight excluding hydrogens is 294 g/mol. The molecule has 4 N–H and O–H groups in total. The van der Waals surface area contributed by atoms with Gasteiger partial charge in [-0.15, -0.1) is 0 Å². The van der Waals surface area contributed by atoms with Crippen LogP contribution in [0.5, 0.6) is 0 Å². The topological polar surface area (TPSA) is 111 Å². The smallest absolute Gasteiger partial charge is 0.352 e. The van der Waals surface area contributed by atoms with E-state index in [1.54, 1.807) is 18.2 Å². The maximum absolute atomic E-state index is 10.9. The molecule has 0 fully saturated rings. The summed E-state index contributed by atoms with van der Waals surface area (Å²) in [6.45, 7) is 1.39. The Morgan fingerprint density at radius 3 is 2.62 bits per heavy atom. The third kappa shape index (κ3) is 3.63. The lowest BCUT2D eigenvalue weighted by atomic mass is 10.0. The zero-order valence-electron chi connectivity index (χ0n) is 11.2. The Bertz CT molecular complexity index is 681. The van der Waals surface area contributed by atoms with Gasteiger partial charge in [-0.05, 0) is 23.8 Å². The van der Waals surface area contributed by atoms with Crippen LogP contribution in [0.2, 0.25) is 0 Å². The van der Waals surface area contributed by atoms with Gasteiger partial charge in [0.1, 0.15) is 11.8 Å². The number of aromatic amines is 1. The number of aromatic carboxylic acids is 1. The van der Waals surface area contributed by atoms with E-state index in [0.717, 1.165) is 11.8 Å². The first-order valence-electron chi connectivity index (χ1n) is 6.24. The molecule has 0 spiro atoms. The highest BCUT2D eigenvalue weighted by Gasteiger charge is 2.20. The van der Waals surface area contributed by atoms with Crippen molar-refractivity contribution in [3.63, 3.8) is 0 Å². The lowest BCUT2D eigenvalue weighted by Crippen LogP contribution is -2.21. The first-order chi connectivity index (χ1) is 9.88. The van der Waals surface area contributed by atoms with Crippen molar-refractivity contribution in [3.05, 3.63) is 35.5 Å². The molecule has 1 aromatic carbocycles. The van der Waals surface area contributed by atoms with E-state index in [0.29, 0.717) is 16.5 Å². The Morgan fingerprint density at radius 2 is 2.00 bits per heavy atom. The summed E-state index contributed by atoms with van der Waals surface area (Å²) in [5.41, 5.74) is 1.16. The first kappa shape index (κ1) is 15.6. The molecule has 112 valence electrons. The molecule has 1 aromatic heterocycles. The highest BCUT2D eigenvalue weighted by Crippen LogP contribution is 2.24. The van der Waals surface area contributed by atoms with Crippen LogP contribution in [-0.4, -0.2) is 43.2 Å². The van der Waals surface area contributed by atoms with Gasteiger partial charge in [0.15, 0.2) is 5.12 Å². The normalized spacial score (nSPS) is 14.0. The van der Waals surface area contributed by atoms with E-state index >= 15 is 0 Å². The predicted octanol–water partition coefficient (Wildman–Crippen LogP) is 1.54. The maximum atomic E-state index is 10.9. The second kappa shape index (κ2) is 6.30. The number of carboxylic acids is 1. The molecule has 2 rings (SSSR count). The summed E-state index contributed by atoms with van der Waals surface area (Å²) in [5.74, 6) is -0.964. The molecule has 0 saturated heterocycles. The van der Waals surface area contributed by atoms with Crippen molar-refractivity contribution in [2.75, 3.05) is 5.75 Å². The van der Waals surface area contributed by atoms with Gasteiger partial charge in [0.25, 0.3) is 0 Å². The molecule has 2 unspecified atom stereocenters. The van der Waals surface area contributed by atoms with Gasteiger partial charge >= 0.3 is 5.97 Å². The number of rotatable bonds is 5. The second-order valence-electron chi connectivity index (χ2n) is 4.65. The van der Waals surface area contributed by atoms with Gasteiger partial charge in [0.05, 0.1) is 6.10 Å². The van der Waals surface area contributed by atoms with E-state index in [4.69, 9.17) is 5.11 Å². The molecule has 2 atom stereocenters. The van der Waals surface area contributed by atoms with Crippen LogP contribution in [0.25, 0.3) is 10.9 Å². The quantitative estimate of drug-likeness (QED) is 0.667. The molecule has 1 heterocycles. The molecular formula is C14H15NO5S. The number of carbonyl (C=O) groups is 2. The van der Waals surface area contributed by atoms with Crippen LogP contribution >= 0.6 is 11.8 Å². The van der Waals surface area contributed by atoms with Crippen LogP contribution < -0.4 is 0 Å². The minimum absolute atomic E-state index is 0.0596. The van der Waals surface area contributed by atoms with Crippen molar-refractivity contribution >= 4 is 33.7 Å². The molecule has 0 aliphatic carbocycles. The third-order valence-corrected chi connectivity index (χ3v) is 3.95. The highest BCUT2D eigenvalue weighted by atomic mass is 32.2. The van der Waals surface area contributed by atoms with Gasteiger partial charge in [-0.3, -0.25) is 4.79 Å². The Labute approximate surface area is 124 Å². The fraction of sp³-hybridized carbons (Fsp3) is 0.286. The number of benzene rings is 1. The summed E-state index contributed by atoms with van der Waals surface area (Å²) in [4.78, 5) is 24.5. The van der Waals surface area contributed by atoms with E-state index < -0.39 is 18.2 Å². The van der Waals surface area contributed by atoms with Crippen LogP contribution in [-0.2, 0) is 4.79 Å². The monoisotopic (exact) mass is 309 g/mol. The lowest BCUT2D eigenvalue weighted by Gasteiger charge is -2.17. The number of nitrogens with one attached hydrogen (secondary N) is 1. The Kier molecular flexibility index (Phi) is 4.66. The maximum Gasteiger partial charge on any atom is 0.352 e. The van der Waals surface area contributed by atoms with E-state index in [2.05, 4.69) is 4.98 Å². The summed E-state index contributed by atoms with van der Waals surface area (Å²) < 4.78 is 0. The Morgan fingerprint density at radius 1 is 1.29 bits per heavy atom. The van der Waals surface area contributed by atoms with E-state index in [1.807, 2.05) is 0 Å². The molecule has 0 radical (unpaired) electrons. The molecule has 21 heavy (non-hydrogen) atoms. The van der Waals surface area contributed by atoms with Crippen LogP contribution in [0.1, 0.15) is 29.1 Å². The number of aliphatic hydroxyl groups is 2. The van der Waals surface area contributed by atoms with Gasteiger partial charge in [0.2, 0.25) is 0 Å². The molecule has 2 aromatic rings. The number of aliphatic hydroxyl groups excluding tert-OH is 2. The first-order valence-corrected chi connectivity index (χ1v) is 7.22. The average Bonchev–Trinajstić information content (AvgIpc) is 2.86. The molecule has 0 amide bonds. The van der Waals surface area contributed by atoms with Crippen molar-refractivity contribution in [1.82, 2.24) is 4.98 Å². The number of carbonyl (C=O) groups excluding carboxylic acids is 1. The van der Waals surface area contributed by atoms with E-state index in [-0.39, 0.29) is 16.6 Å². The van der Waals surface area contributed by atoms with Crippen LogP contribution in [0.4, 0.5) is 0 Å². The molecule has 6 nitrogen and oxygen atoms in total. The van der Waals surface area contributed by atoms with Crippen molar-refractivity contribution in [3.8, 4) is 0 Å². The van der Waals surface area contributed by atoms with Gasteiger partial charge in [-0.25, -0.2) is 4.79 Å². The minimum atomic E-state index is -1.13. The fourth-order valence-corrected chi connectivity index (χ4v) is 2.55. The third-order valence-electron chi connectivity index (χ3n) is 3.04. The number of hydrogen-bond acceptors (Lipinski definition) is 5. The summed E-state index contributed by atoms with van der Waals surface area (Å²) in [7, 11) is 0. The number of fused-ring (bicyclic) bond motifs is 1. The van der Waals surface area contributed by atoms with Crippen molar-refractivity contribution in [1.29, 1.82) is 0 Å². The lowest BCUT2D eigenvalue weighted by molar-refractivity contribution is -0.109. The number of aromatic nitrogens is 1. The molecule has 7 heteroatoms. The molecule has 0 bridgehead atoms. The molecule has 0 saturated carbocycles. The largest absolute Gasteiger partial charge is 0.477 e. The van der Waals surface area contributed by atoms with E-state index in [9.17, 15) is 19.8 Å². The zero-order valence-corrected chi connectivity index (χ0v) is 12.1. The summed E-state index contributed by atoms with van der Waals surface area (Å²) >= 11 is 0.941. The predicted molar refractivity (Wildman–Crippen MR) is 79.4 cm³/mol. The van der Waals surface area contributed by atoms with Crippen molar-refractivity contribution < 1.29 is 24.9 Å². The molecule has 0 aliphatic heterocycles. The second-order valence-corrected chi connectivity index (χ2v) is 5.85. The van der Waals surface area contributed by atoms with E-state index in [1.165, 1.54) is 13.0 Å². The summed E-state index contributed by atoms with van der Waals surface area (Å²) in [5, 5.41) is 29.4. The number of hydrogen-bond donors (Lipinski definition) is 4. The summed E-state index contributed by atoms with van der Waals surface area (Å²) in [6, 6.07) is 6.33. The number of H-pyrrole nitrogens is 1. The zero-order chi connectivity index (χ0) is 15.6. The van der Waals surface area contributed by atoms with Gasteiger partial charge in [-0.2, -0.15) is 0 Å². The van der Waals surface area contributed by atoms with Crippen LogP contribution in [0.3, 0.4) is 0 Å². The van der Waals surface area contributed by atoms with Gasteiger partial charge in [0, 0.05) is 23.6 Å². The average molecular weight is 309 g/mol. The van der Waals surface area contributed by atoms with Crippen LogP contribution in [0, 0.1) is 0 Å². The highest BCUT2D eigenvalue weighted by molar-refractivity contribution is 8.13. The Hall–Kier alpha value is -1.83. The number of carboxylic acid groups (broad SMARTS) is 1. The molecule has 0 aliphatic rings. The van der Waals surface area contributed by atoms with Gasteiger partial charge in [-0.1, -0.05) is 17.8 Å². The van der Waals surface area contributed by atoms with Crippen molar-refractivity contribution in [2.45, 2.75) is 19.1 Å². The van der Waals surface area contributed by atoms with Crippen molar-refractivity contribution in [2.24, 2.45) is 0 Å². The standard InChI is InChI=1S/C14H15NO5S/c1-7(16)21-6-12(17)13(18)8-2-3-10-9(4-8)5-11(15-10)14(19)20/h2-5,12-13,15,17-18H,6H2,1H3,(H,19,20). The van der Waals surface area contributed by atoms with Gasteiger partial charge < -0.3 is 20.3 Å². The van der Waals surface area contributed by atoms with Crippen LogP contribution in [0.15, 0.2) is 24.3 Å². The number of thioether (sulfide) groups is 1. The summed E-state index contributed by atoms with van der Waals surface area (Å²) in [6.07, 6.45) is -2.21.